The van der Waals surface area contributed by atoms with Crippen LogP contribution in [-0.4, -0.2) is 10.2 Å². The maximum Gasteiger partial charge on any atom is 0.165 e. The highest BCUT2D eigenvalue weighted by Gasteiger charge is 2.22. The van der Waals surface area contributed by atoms with Gasteiger partial charge in [0.05, 0.1) is 0 Å². The second-order valence-electron chi connectivity index (χ2n) is 5.70. The largest absolute Gasteiger partial charge is 0.854 e. The number of rotatable bonds is 1. The summed E-state index contributed by atoms with van der Waals surface area (Å²) in [6.45, 7) is 6.27. The molecule has 6 heteroatoms. The molecule has 0 amide bonds. The van der Waals surface area contributed by atoms with Crippen LogP contribution in [0.15, 0.2) is 42.5 Å². The van der Waals surface area contributed by atoms with Gasteiger partial charge in [-0.2, -0.15) is 0 Å². The zero-order valence-corrected chi connectivity index (χ0v) is 13.5. The highest BCUT2D eigenvalue weighted by Crippen LogP contribution is 2.43. The summed E-state index contributed by atoms with van der Waals surface area (Å²) >= 11 is 0. The lowest BCUT2D eigenvalue weighted by molar-refractivity contribution is -0.407. The molecule has 0 atom stereocenters. The van der Waals surface area contributed by atoms with E-state index in [1.54, 1.807) is 6.07 Å². The Morgan fingerprint density at radius 1 is 0.864 bits per heavy atom. The van der Waals surface area contributed by atoms with Crippen molar-refractivity contribution in [2.24, 2.45) is 0 Å². The Bertz CT molecular complexity index is 603. The highest BCUT2D eigenvalue weighted by molar-refractivity contribution is 7.33. The van der Waals surface area contributed by atoms with Gasteiger partial charge in [-0.3, -0.25) is 0 Å². The molecule has 0 aliphatic heterocycles. The van der Waals surface area contributed by atoms with Crippen molar-refractivity contribution in [3.05, 3.63) is 48.0 Å². The monoisotopic (exact) mass is 321 g/mol. The van der Waals surface area contributed by atoms with Gasteiger partial charge >= 0.3 is 0 Å². The number of aromatic hydroxyl groups is 2. The second kappa shape index (κ2) is 7.56. The van der Waals surface area contributed by atoms with Crippen molar-refractivity contribution in [3.63, 3.8) is 0 Å². The van der Waals surface area contributed by atoms with E-state index in [0.717, 1.165) is 11.1 Å². The molecule has 22 heavy (non-hydrogen) atoms. The van der Waals surface area contributed by atoms with Crippen LogP contribution >= 0.6 is 8.60 Å². The standard InChI is InChI=1S/C16H18O2.O3P/c1-16(2,3)12-9-10-13(17)15(18)14(12)11-7-5-4-6-8-11;1-4(2)3/h4-10,17-18H,1-3H3;/q;-3. The first-order valence-corrected chi connectivity index (χ1v) is 7.66. The first-order chi connectivity index (χ1) is 10.1. The molecule has 2 aromatic rings. The summed E-state index contributed by atoms with van der Waals surface area (Å²) in [4.78, 5) is 25.4. The molecule has 0 aliphatic rings. The van der Waals surface area contributed by atoms with Crippen LogP contribution in [0.4, 0.5) is 0 Å². The molecule has 0 radical (unpaired) electrons. The summed E-state index contributed by atoms with van der Waals surface area (Å²) in [7, 11) is -3.37. The van der Waals surface area contributed by atoms with E-state index in [1.807, 2.05) is 36.4 Å². The third-order valence-corrected chi connectivity index (χ3v) is 3.03. The van der Waals surface area contributed by atoms with E-state index in [1.165, 1.54) is 0 Å². The van der Waals surface area contributed by atoms with Gasteiger partial charge < -0.3 is 33.5 Å². The molecular weight excluding hydrogens is 303 g/mol. The lowest BCUT2D eigenvalue weighted by atomic mass is 9.81. The zero-order valence-electron chi connectivity index (χ0n) is 12.6. The summed E-state index contributed by atoms with van der Waals surface area (Å²) in [5.41, 5.74) is 2.54. The van der Waals surface area contributed by atoms with E-state index in [4.69, 9.17) is 14.7 Å². The van der Waals surface area contributed by atoms with Crippen LogP contribution in [0.5, 0.6) is 11.5 Å². The molecule has 2 N–H and O–H groups in total. The number of phenols is 2. The summed E-state index contributed by atoms with van der Waals surface area (Å²) in [5, 5.41) is 19.8. The van der Waals surface area contributed by atoms with Gasteiger partial charge in [-0.25, -0.2) is 0 Å². The molecule has 0 saturated heterocycles. The van der Waals surface area contributed by atoms with Gasteiger partial charge in [0, 0.05) is 5.56 Å². The molecule has 0 fully saturated rings. The fourth-order valence-corrected chi connectivity index (χ4v) is 2.10. The average molecular weight is 321 g/mol. The Hall–Kier alpha value is -1.65. The van der Waals surface area contributed by atoms with Gasteiger partial charge in [-0.1, -0.05) is 57.2 Å². The fourth-order valence-electron chi connectivity index (χ4n) is 2.10. The van der Waals surface area contributed by atoms with Crippen molar-refractivity contribution in [2.45, 2.75) is 26.2 Å². The van der Waals surface area contributed by atoms with E-state index in [0.29, 0.717) is 5.56 Å². The quantitative estimate of drug-likeness (QED) is 0.609. The molecule has 0 saturated carbocycles. The molecule has 0 spiro atoms. The Balaban J connectivity index is 0.000000541. The summed E-state index contributed by atoms with van der Waals surface area (Å²) in [5.74, 6) is -0.129. The second-order valence-corrected chi connectivity index (χ2v) is 6.14. The minimum absolute atomic E-state index is 0.0476. The van der Waals surface area contributed by atoms with Gasteiger partial charge in [0.1, 0.15) is 0 Å². The van der Waals surface area contributed by atoms with Crippen LogP contribution in [0.25, 0.3) is 11.1 Å². The van der Waals surface area contributed by atoms with Gasteiger partial charge in [-0.15, -0.1) is 0 Å². The van der Waals surface area contributed by atoms with Crippen LogP contribution < -0.4 is 14.7 Å². The maximum atomic E-state index is 10.1. The summed E-state index contributed by atoms with van der Waals surface area (Å²) in [6, 6.07) is 13.1. The average Bonchev–Trinajstić information content (AvgIpc) is 2.40. The molecule has 0 bridgehead atoms. The van der Waals surface area contributed by atoms with E-state index in [2.05, 4.69) is 20.8 Å². The summed E-state index contributed by atoms with van der Waals surface area (Å²) in [6.07, 6.45) is 0. The van der Waals surface area contributed by atoms with Crippen LogP contribution in [-0.2, 0) is 5.41 Å². The number of benzene rings is 2. The van der Waals surface area contributed by atoms with E-state index in [-0.39, 0.29) is 16.9 Å². The first kappa shape index (κ1) is 18.4. The number of phenolic OH excluding ortho intramolecular Hbond substituents is 2. The van der Waals surface area contributed by atoms with Crippen LogP contribution in [0.1, 0.15) is 26.3 Å². The molecule has 0 aromatic heterocycles. The zero-order chi connectivity index (χ0) is 16.9. The molecule has 5 nitrogen and oxygen atoms in total. The van der Waals surface area contributed by atoms with Crippen molar-refractivity contribution >= 4 is 8.60 Å². The third kappa shape index (κ3) is 4.97. The lowest BCUT2D eigenvalue weighted by Gasteiger charge is -2.39. The topological polar surface area (TPSA) is 110 Å². The SMILES string of the molecule is CC(C)(C)c1ccc(O)c(O)c1-c1ccccc1.[O-]P([O-])[O-]. The van der Waals surface area contributed by atoms with E-state index < -0.39 is 8.60 Å². The number of hydrogen-bond acceptors (Lipinski definition) is 5. The van der Waals surface area contributed by atoms with Crippen molar-refractivity contribution in [1.82, 2.24) is 0 Å². The first-order valence-electron chi connectivity index (χ1n) is 6.57. The van der Waals surface area contributed by atoms with Crippen molar-refractivity contribution in [2.75, 3.05) is 0 Å². The van der Waals surface area contributed by atoms with Gasteiger partial charge in [0.15, 0.2) is 11.5 Å². The van der Waals surface area contributed by atoms with Gasteiger partial charge in [-0.05, 0) is 22.6 Å². The Labute approximate surface area is 131 Å². The van der Waals surface area contributed by atoms with Crippen LogP contribution in [0.2, 0.25) is 0 Å². The van der Waals surface area contributed by atoms with Gasteiger partial charge in [0.25, 0.3) is 0 Å². The Kier molecular flexibility index (Phi) is 6.33. The minimum atomic E-state index is -3.37. The maximum absolute atomic E-state index is 10.1. The molecule has 0 heterocycles. The molecule has 0 aliphatic carbocycles. The Morgan fingerprint density at radius 2 is 1.36 bits per heavy atom. The predicted molar refractivity (Wildman–Crippen MR) is 80.8 cm³/mol. The number of hydrogen-bond donors (Lipinski definition) is 2. The fraction of sp³-hybridized carbons (Fsp3) is 0.250. The summed E-state index contributed by atoms with van der Waals surface area (Å²) < 4.78 is 0. The van der Waals surface area contributed by atoms with E-state index >= 15 is 0 Å². The van der Waals surface area contributed by atoms with Crippen molar-refractivity contribution in [1.29, 1.82) is 0 Å². The van der Waals surface area contributed by atoms with Gasteiger partial charge in [0.2, 0.25) is 0 Å². The predicted octanol–water partition coefficient (Wildman–Crippen LogP) is 1.36. The molecule has 120 valence electrons. The third-order valence-electron chi connectivity index (χ3n) is 3.03. The van der Waals surface area contributed by atoms with E-state index in [9.17, 15) is 10.2 Å². The molecule has 0 unspecified atom stereocenters. The van der Waals surface area contributed by atoms with Crippen molar-refractivity contribution in [3.8, 4) is 22.6 Å². The molecular formula is C16H18O5P-3. The lowest BCUT2D eigenvalue weighted by Crippen LogP contribution is -2.18. The Morgan fingerprint density at radius 3 is 1.82 bits per heavy atom. The van der Waals surface area contributed by atoms with Crippen LogP contribution in [0, 0.1) is 0 Å². The minimum Gasteiger partial charge on any atom is -0.854 e. The normalized spacial score (nSPS) is 11.0. The smallest absolute Gasteiger partial charge is 0.165 e. The van der Waals surface area contributed by atoms with Crippen molar-refractivity contribution < 1.29 is 24.9 Å². The molecule has 2 aromatic carbocycles. The van der Waals surface area contributed by atoms with Crippen LogP contribution in [0.3, 0.4) is 0 Å². The molecule has 2 rings (SSSR count). The highest BCUT2D eigenvalue weighted by atomic mass is 31.2.